The third kappa shape index (κ3) is 17.8. The number of nitrogens with two attached hydrogens (primary N) is 4. The van der Waals surface area contributed by atoms with Crippen LogP contribution in [0.4, 0.5) is 0 Å². The molecule has 4 fully saturated rings. The van der Waals surface area contributed by atoms with Crippen LogP contribution in [0.5, 0.6) is 0 Å². The summed E-state index contributed by atoms with van der Waals surface area (Å²) >= 11 is 0. The number of amides is 9. The molecule has 6 rings (SSSR count). The quantitative estimate of drug-likeness (QED) is 0.0227. The molecule has 83 heavy (non-hydrogen) atoms. The lowest BCUT2D eigenvalue weighted by Gasteiger charge is -2.38. The Balaban J connectivity index is 1.10. The minimum absolute atomic E-state index is 0.0444. The molecule has 5 aliphatic rings. The number of carbonyl (C=O) groups excluding carboxylic acids is 9. The number of benzene rings is 1. The number of hydrogen-bond acceptors (Lipinski definition) is 15. The second kappa shape index (κ2) is 31.1. The summed E-state index contributed by atoms with van der Waals surface area (Å²) in [5, 5.41) is 47.6. The van der Waals surface area contributed by atoms with E-state index in [1.807, 2.05) is 19.9 Å². The number of guanidine groups is 1. The van der Waals surface area contributed by atoms with Gasteiger partial charge in [0.15, 0.2) is 5.96 Å². The summed E-state index contributed by atoms with van der Waals surface area (Å²) in [4.78, 5) is 147. The zero-order chi connectivity index (χ0) is 60.5. The molecule has 3 aliphatic heterocycles. The number of rotatable bonds is 28. The number of carboxylic acids is 1. The van der Waals surface area contributed by atoms with E-state index in [1.54, 1.807) is 18.2 Å². The maximum Gasteiger partial charge on any atom is 0.326 e. The molecule has 27 nitrogen and oxygen atoms in total. The molecule has 3 heterocycles. The van der Waals surface area contributed by atoms with Gasteiger partial charge in [0, 0.05) is 39.0 Å². The average molecular weight is 1170 g/mol. The molecule has 17 N–H and O–H groups in total. The van der Waals surface area contributed by atoms with E-state index in [0.717, 1.165) is 36.8 Å². The lowest BCUT2D eigenvalue weighted by molar-refractivity contribution is -0.148. The number of nitrogens with zero attached hydrogens (tertiary/aromatic N) is 4. The van der Waals surface area contributed by atoms with Gasteiger partial charge in [0.2, 0.25) is 53.2 Å². The molecule has 1 aromatic rings. The molecular formula is C56H88N14O13. The van der Waals surface area contributed by atoms with E-state index in [1.165, 1.54) is 14.7 Å². The van der Waals surface area contributed by atoms with Crippen LogP contribution >= 0.6 is 0 Å². The van der Waals surface area contributed by atoms with E-state index < -0.39 is 139 Å². The Labute approximate surface area is 483 Å². The first kappa shape index (κ1) is 65.2. The number of carbonyl (C=O) groups is 10. The van der Waals surface area contributed by atoms with Crippen LogP contribution in [0.2, 0.25) is 0 Å². The van der Waals surface area contributed by atoms with Crippen LogP contribution in [-0.2, 0) is 60.9 Å². The number of aliphatic carboxylic acids is 1. The largest absolute Gasteiger partial charge is 0.480 e. The number of aliphatic imine (C=N–C) groups is 1. The maximum absolute atomic E-state index is 14.5. The highest BCUT2D eigenvalue weighted by Gasteiger charge is 2.47. The number of carboxylic acid groups (broad SMARTS) is 1. The van der Waals surface area contributed by atoms with Crippen molar-refractivity contribution < 1.29 is 63.3 Å². The maximum atomic E-state index is 14.5. The van der Waals surface area contributed by atoms with E-state index >= 15 is 0 Å². The van der Waals surface area contributed by atoms with Gasteiger partial charge in [-0.25, -0.2) is 4.79 Å². The number of hydrogen-bond donors (Lipinski definition) is 13. The SMILES string of the molecule is CC(C)C[C@H](NC(=O)[C@H](N)CCCN)C(=O)N[C@@H](CCCN=C(N)N)C(=O)N1CCC[C@H]1C(=O)N1C[C@H](O)C[C@H]1C(=O)NCC(=O)NC(C(=O)N[C@@H](CO)C(=O)N1Cc2ccccc2C[C@@H]1C(=O)NC(C(=O)O)C1CCCC1)C1CCCC1. The molecule has 2 unspecified atom stereocenters. The highest BCUT2D eigenvalue weighted by atomic mass is 16.4. The van der Waals surface area contributed by atoms with Gasteiger partial charge < -0.3 is 84.9 Å². The number of nitrogens with one attached hydrogen (secondary N) is 6. The predicted molar refractivity (Wildman–Crippen MR) is 302 cm³/mol. The number of fused-ring (bicyclic) bond motifs is 1. The first-order valence-electron chi connectivity index (χ1n) is 29.4. The highest BCUT2D eigenvalue weighted by molar-refractivity contribution is 5.98. The Hall–Kier alpha value is -6.97. The van der Waals surface area contributed by atoms with Crippen LogP contribution in [-0.4, -0.2) is 195 Å². The molecule has 1 aromatic carbocycles. The molecule has 0 spiro atoms. The molecule has 10 atom stereocenters. The third-order valence-corrected chi connectivity index (χ3v) is 16.6. The van der Waals surface area contributed by atoms with Crippen LogP contribution in [0, 0.1) is 17.8 Å². The number of β-amino-alcohol motifs (C(OH)–C–C–N with tert-alkyl or cyclic N) is 1. The van der Waals surface area contributed by atoms with Gasteiger partial charge in [-0.3, -0.25) is 48.1 Å². The fraction of sp³-hybridized carbons (Fsp3) is 0.696. The Morgan fingerprint density at radius 2 is 1.31 bits per heavy atom. The van der Waals surface area contributed by atoms with Gasteiger partial charge in [0.25, 0.3) is 0 Å². The van der Waals surface area contributed by atoms with Crippen molar-refractivity contribution in [1.82, 2.24) is 46.6 Å². The predicted octanol–water partition coefficient (Wildman–Crippen LogP) is -2.94. The summed E-state index contributed by atoms with van der Waals surface area (Å²) in [5.41, 5.74) is 24.3. The summed E-state index contributed by atoms with van der Waals surface area (Å²) in [6, 6.07) is -3.54. The smallest absolute Gasteiger partial charge is 0.326 e. The topological polar surface area (TPSA) is 430 Å². The average Bonchev–Trinajstić information content (AvgIpc) is 4.37. The van der Waals surface area contributed by atoms with Gasteiger partial charge in [-0.1, -0.05) is 63.8 Å². The fourth-order valence-corrected chi connectivity index (χ4v) is 12.2. The van der Waals surface area contributed by atoms with Crippen molar-refractivity contribution in [1.29, 1.82) is 0 Å². The van der Waals surface area contributed by atoms with Crippen LogP contribution in [0.3, 0.4) is 0 Å². The summed E-state index contributed by atoms with van der Waals surface area (Å²) in [5.74, 6) is -8.39. The van der Waals surface area contributed by atoms with Crippen molar-refractivity contribution in [2.45, 2.75) is 190 Å². The number of likely N-dealkylation sites (tertiary alicyclic amines) is 2. The Morgan fingerprint density at radius 3 is 1.94 bits per heavy atom. The lowest BCUT2D eigenvalue weighted by atomic mass is 9.91. The number of aliphatic hydroxyl groups excluding tert-OH is 2. The Kier molecular flexibility index (Phi) is 24.4. The standard InChI is InChI=1S/C56H88N14O13/c1-31(2)24-39(64-47(74)37(58)18-9-21-57)48(75)63-38(19-10-22-61-56(59)60)52(79)68-23-11-20-41(68)54(81)70-29-36(72)26-43(70)49(76)62-27-44(73)66-45(32-12-3-4-13-32)51(78)65-40(30-71)53(80)69-28-35-17-8-7-16-34(35)25-42(69)50(77)67-46(55(82)83)33-14-5-6-15-33/h7-8,16-17,31-33,36-43,45-46,71-72H,3-6,9-15,18-30,57-58H2,1-2H3,(H,62,76)(H,63,75)(H,64,74)(H,65,78)(H,66,73)(H,67,77)(H,82,83)(H4,59,60,61)/t36-,37-,38+,39+,40+,41+,42-,43+,45?,46?/m1/s1. The van der Waals surface area contributed by atoms with Gasteiger partial charge in [0.05, 0.1) is 25.3 Å². The first-order valence-corrected chi connectivity index (χ1v) is 29.4. The van der Waals surface area contributed by atoms with Crippen LogP contribution in [0.15, 0.2) is 29.3 Å². The van der Waals surface area contributed by atoms with Gasteiger partial charge in [0.1, 0.15) is 48.3 Å². The van der Waals surface area contributed by atoms with Crippen molar-refractivity contribution in [3.63, 3.8) is 0 Å². The second-order valence-corrected chi connectivity index (χ2v) is 23.2. The van der Waals surface area contributed by atoms with E-state index in [4.69, 9.17) is 22.9 Å². The van der Waals surface area contributed by atoms with Crippen LogP contribution < -0.4 is 54.8 Å². The molecule has 0 bridgehead atoms. The van der Waals surface area contributed by atoms with Gasteiger partial charge in [-0.15, -0.1) is 0 Å². The molecule has 27 heteroatoms. The van der Waals surface area contributed by atoms with E-state index in [0.29, 0.717) is 51.5 Å². The molecule has 0 aromatic heterocycles. The van der Waals surface area contributed by atoms with E-state index in [2.05, 4.69) is 36.9 Å². The molecule has 9 amide bonds. The minimum Gasteiger partial charge on any atom is -0.480 e. The summed E-state index contributed by atoms with van der Waals surface area (Å²) in [6.45, 7) is 2.41. The van der Waals surface area contributed by atoms with Crippen LogP contribution in [0.1, 0.15) is 128 Å². The van der Waals surface area contributed by atoms with Crippen molar-refractivity contribution >= 4 is 65.1 Å². The van der Waals surface area contributed by atoms with Gasteiger partial charge >= 0.3 is 5.97 Å². The van der Waals surface area contributed by atoms with Gasteiger partial charge in [-0.05, 0) is 106 Å². The normalized spacial score (nSPS) is 22.1. The molecule has 2 saturated heterocycles. The number of aliphatic hydroxyl groups is 2. The van der Waals surface area contributed by atoms with Gasteiger partial charge in [-0.2, -0.15) is 0 Å². The third-order valence-electron chi connectivity index (χ3n) is 16.6. The monoisotopic (exact) mass is 1160 g/mol. The van der Waals surface area contributed by atoms with Crippen molar-refractivity contribution in [3.8, 4) is 0 Å². The van der Waals surface area contributed by atoms with Crippen molar-refractivity contribution in [2.75, 3.05) is 39.3 Å². The van der Waals surface area contributed by atoms with Crippen molar-refractivity contribution in [2.24, 2.45) is 45.7 Å². The molecule has 460 valence electrons. The molecule has 2 saturated carbocycles. The van der Waals surface area contributed by atoms with Crippen molar-refractivity contribution in [3.05, 3.63) is 35.4 Å². The molecule has 0 radical (unpaired) electrons. The van der Waals surface area contributed by atoms with E-state index in [9.17, 15) is 63.3 Å². The summed E-state index contributed by atoms with van der Waals surface area (Å²) < 4.78 is 0. The zero-order valence-electron chi connectivity index (χ0n) is 47.8. The first-order chi connectivity index (χ1) is 39.6. The lowest BCUT2D eigenvalue weighted by Crippen LogP contribution is -2.62. The highest BCUT2D eigenvalue weighted by Crippen LogP contribution is 2.31. The Morgan fingerprint density at radius 1 is 0.687 bits per heavy atom. The second-order valence-electron chi connectivity index (χ2n) is 23.2. The van der Waals surface area contributed by atoms with Crippen LogP contribution in [0.25, 0.3) is 0 Å². The summed E-state index contributed by atoms with van der Waals surface area (Å²) in [7, 11) is 0. The molecular weight excluding hydrogens is 1080 g/mol. The minimum atomic E-state index is -1.57. The zero-order valence-corrected chi connectivity index (χ0v) is 47.8. The van der Waals surface area contributed by atoms with E-state index in [-0.39, 0.29) is 82.5 Å². The molecule has 2 aliphatic carbocycles. The Bertz CT molecular complexity index is 2500. The fourth-order valence-electron chi connectivity index (χ4n) is 12.2. The summed E-state index contributed by atoms with van der Waals surface area (Å²) in [6.07, 6.45) is 6.04.